The van der Waals surface area contributed by atoms with Gasteiger partial charge in [0.2, 0.25) is 0 Å². The number of allylic oxidation sites excluding steroid dienone is 3. The van der Waals surface area contributed by atoms with Crippen LogP contribution >= 0.6 is 0 Å². The van der Waals surface area contributed by atoms with Crippen LogP contribution in [0.25, 0.3) is 0 Å². The molecule has 0 aromatic rings. The number of carboxylic acids is 1. The van der Waals surface area contributed by atoms with Gasteiger partial charge < -0.3 is 14.9 Å². The van der Waals surface area contributed by atoms with E-state index in [0.29, 0.717) is 18.8 Å². The van der Waals surface area contributed by atoms with Crippen LogP contribution in [-0.4, -0.2) is 28.6 Å². The molecular weight excluding hydrogens is 304 g/mol. The molecular formula is C20H34O4. The molecule has 0 radical (unpaired) electrons. The van der Waals surface area contributed by atoms with Crippen molar-refractivity contribution in [2.45, 2.75) is 89.9 Å². The van der Waals surface area contributed by atoms with Gasteiger partial charge >= 0.3 is 5.97 Å². The van der Waals surface area contributed by atoms with E-state index in [4.69, 9.17) is 9.84 Å². The van der Waals surface area contributed by atoms with E-state index in [-0.39, 0.29) is 12.5 Å². The second-order valence-corrected chi connectivity index (χ2v) is 6.66. The molecule has 2 N–H and O–H groups in total. The molecule has 1 saturated heterocycles. The predicted molar refractivity (Wildman–Crippen MR) is 96.7 cm³/mol. The normalized spacial score (nSPS) is 24.8. The third-order valence-electron chi connectivity index (χ3n) is 4.48. The van der Waals surface area contributed by atoms with Gasteiger partial charge in [-0.05, 0) is 50.9 Å². The molecule has 0 amide bonds. The summed E-state index contributed by atoms with van der Waals surface area (Å²) in [6, 6.07) is 0. The van der Waals surface area contributed by atoms with E-state index in [1.165, 1.54) is 25.7 Å². The number of hydrogen-bond acceptors (Lipinski definition) is 3. The van der Waals surface area contributed by atoms with Crippen molar-refractivity contribution in [1.29, 1.82) is 0 Å². The van der Waals surface area contributed by atoms with Crippen LogP contribution in [0.3, 0.4) is 0 Å². The second-order valence-electron chi connectivity index (χ2n) is 6.66. The van der Waals surface area contributed by atoms with Crippen molar-refractivity contribution >= 4 is 5.97 Å². The summed E-state index contributed by atoms with van der Waals surface area (Å²) >= 11 is 0. The first-order valence-electron chi connectivity index (χ1n) is 9.50. The summed E-state index contributed by atoms with van der Waals surface area (Å²) in [6.07, 6.45) is 18.3. The minimum Gasteiger partial charge on any atom is -0.481 e. The maximum absolute atomic E-state index is 10.5. The highest BCUT2D eigenvalue weighted by molar-refractivity contribution is 5.66. The lowest BCUT2D eigenvalue weighted by Crippen LogP contribution is -2.33. The Hall–Kier alpha value is -1.13. The highest BCUT2D eigenvalue weighted by Crippen LogP contribution is 2.28. The standard InChI is InChI=1S/C20H34O4/c1-2-3-4-5-6-10-13-18-17(15-16-20(23)24-18)12-9-7-8-11-14-19(21)22/h7,9-10,13,17-18,20,23H,2-6,8,11-12,14-16H2,1H3,(H,21,22)/b9-7-,13-10+/t17-,18?,20-/m0/s1. The Bertz CT molecular complexity index is 389. The number of hydrogen-bond donors (Lipinski definition) is 2. The fourth-order valence-electron chi connectivity index (χ4n) is 3.02. The van der Waals surface area contributed by atoms with Gasteiger partial charge in [0.15, 0.2) is 6.29 Å². The third-order valence-corrected chi connectivity index (χ3v) is 4.48. The molecule has 24 heavy (non-hydrogen) atoms. The lowest BCUT2D eigenvalue weighted by Gasteiger charge is -2.32. The van der Waals surface area contributed by atoms with Crippen LogP contribution in [0, 0.1) is 5.92 Å². The lowest BCUT2D eigenvalue weighted by atomic mass is 9.90. The Labute approximate surface area is 146 Å². The summed E-state index contributed by atoms with van der Waals surface area (Å²) < 4.78 is 5.69. The number of ether oxygens (including phenoxy) is 1. The SMILES string of the molecule is CCCCCC/C=C/C1O[C@H](O)CC[C@@H]1C/C=C\CCCC(=O)O. The summed E-state index contributed by atoms with van der Waals surface area (Å²) in [5.74, 6) is -0.335. The molecule has 0 spiro atoms. The molecule has 3 atom stereocenters. The largest absolute Gasteiger partial charge is 0.481 e. The molecule has 0 aliphatic carbocycles. The molecule has 0 bridgehead atoms. The van der Waals surface area contributed by atoms with Crippen LogP contribution in [-0.2, 0) is 9.53 Å². The molecule has 4 nitrogen and oxygen atoms in total. The van der Waals surface area contributed by atoms with E-state index < -0.39 is 12.3 Å². The number of carboxylic acid groups (broad SMARTS) is 1. The zero-order valence-electron chi connectivity index (χ0n) is 15.0. The van der Waals surface area contributed by atoms with Crippen LogP contribution in [0.2, 0.25) is 0 Å². The fraction of sp³-hybridized carbons (Fsp3) is 0.750. The highest BCUT2D eigenvalue weighted by Gasteiger charge is 2.27. The van der Waals surface area contributed by atoms with Gasteiger partial charge in [0.05, 0.1) is 6.10 Å². The van der Waals surface area contributed by atoms with E-state index in [0.717, 1.165) is 25.7 Å². The Morgan fingerprint density at radius 3 is 2.62 bits per heavy atom. The maximum Gasteiger partial charge on any atom is 0.303 e. The molecule has 1 heterocycles. The summed E-state index contributed by atoms with van der Waals surface area (Å²) in [5, 5.41) is 18.3. The van der Waals surface area contributed by atoms with Gasteiger partial charge in [0.1, 0.15) is 0 Å². The van der Waals surface area contributed by atoms with Crippen molar-refractivity contribution in [2.24, 2.45) is 5.92 Å². The molecule has 138 valence electrons. The van der Waals surface area contributed by atoms with Crippen molar-refractivity contribution in [3.63, 3.8) is 0 Å². The van der Waals surface area contributed by atoms with E-state index in [1.807, 2.05) is 0 Å². The van der Waals surface area contributed by atoms with Gasteiger partial charge in [-0.25, -0.2) is 0 Å². The van der Waals surface area contributed by atoms with Crippen molar-refractivity contribution in [3.8, 4) is 0 Å². The average molecular weight is 338 g/mol. The Balaban J connectivity index is 2.32. The number of aliphatic hydroxyl groups excluding tert-OH is 1. The summed E-state index contributed by atoms with van der Waals surface area (Å²) in [6.45, 7) is 2.22. The number of aliphatic hydroxyl groups is 1. The Kier molecular flexibility index (Phi) is 11.5. The fourth-order valence-corrected chi connectivity index (χ4v) is 3.02. The van der Waals surface area contributed by atoms with Crippen molar-refractivity contribution in [3.05, 3.63) is 24.3 Å². The monoisotopic (exact) mass is 338 g/mol. The van der Waals surface area contributed by atoms with E-state index >= 15 is 0 Å². The van der Waals surface area contributed by atoms with Crippen LogP contribution in [0.5, 0.6) is 0 Å². The summed E-state index contributed by atoms with van der Waals surface area (Å²) in [4.78, 5) is 10.5. The van der Waals surface area contributed by atoms with Crippen LogP contribution in [0.4, 0.5) is 0 Å². The number of rotatable bonds is 12. The quantitative estimate of drug-likeness (QED) is 0.395. The number of aliphatic carboxylic acids is 1. The third kappa shape index (κ3) is 9.89. The molecule has 0 saturated carbocycles. The maximum atomic E-state index is 10.5. The predicted octanol–water partition coefficient (Wildman–Crippen LogP) is 4.83. The summed E-state index contributed by atoms with van der Waals surface area (Å²) in [5.41, 5.74) is 0. The molecule has 0 aromatic carbocycles. The van der Waals surface area contributed by atoms with Gasteiger partial charge in [-0.2, -0.15) is 0 Å². The second kappa shape index (κ2) is 13.2. The van der Waals surface area contributed by atoms with Crippen LogP contribution in [0.1, 0.15) is 77.6 Å². The zero-order chi connectivity index (χ0) is 17.6. The van der Waals surface area contributed by atoms with Crippen LogP contribution < -0.4 is 0 Å². The number of carbonyl (C=O) groups is 1. The van der Waals surface area contributed by atoms with Crippen molar-refractivity contribution < 1.29 is 19.7 Å². The van der Waals surface area contributed by atoms with Crippen molar-refractivity contribution in [1.82, 2.24) is 0 Å². The minimum absolute atomic E-state index is 0.0106. The molecule has 1 aliphatic heterocycles. The highest BCUT2D eigenvalue weighted by atomic mass is 16.6. The zero-order valence-corrected chi connectivity index (χ0v) is 15.0. The van der Waals surface area contributed by atoms with Crippen LogP contribution in [0.15, 0.2) is 24.3 Å². The number of unbranched alkanes of at least 4 members (excludes halogenated alkanes) is 5. The first kappa shape index (κ1) is 20.9. The minimum atomic E-state index is -0.734. The van der Waals surface area contributed by atoms with Gasteiger partial charge in [-0.1, -0.05) is 50.5 Å². The first-order valence-corrected chi connectivity index (χ1v) is 9.50. The molecule has 1 aliphatic rings. The molecule has 1 fully saturated rings. The molecule has 0 aromatic heterocycles. The summed E-state index contributed by atoms with van der Waals surface area (Å²) in [7, 11) is 0. The van der Waals surface area contributed by atoms with Gasteiger partial charge in [-0.15, -0.1) is 0 Å². The Morgan fingerprint density at radius 1 is 1.08 bits per heavy atom. The first-order chi connectivity index (χ1) is 11.6. The van der Waals surface area contributed by atoms with E-state index in [1.54, 1.807) is 0 Å². The molecule has 4 heteroatoms. The topological polar surface area (TPSA) is 66.8 Å². The lowest BCUT2D eigenvalue weighted by molar-refractivity contribution is -0.166. The van der Waals surface area contributed by atoms with Gasteiger partial charge in [0, 0.05) is 6.42 Å². The smallest absolute Gasteiger partial charge is 0.303 e. The Morgan fingerprint density at radius 2 is 1.88 bits per heavy atom. The molecule has 1 rings (SSSR count). The van der Waals surface area contributed by atoms with Gasteiger partial charge in [-0.3, -0.25) is 4.79 Å². The van der Waals surface area contributed by atoms with Crippen molar-refractivity contribution in [2.75, 3.05) is 0 Å². The van der Waals surface area contributed by atoms with E-state index in [2.05, 4.69) is 31.2 Å². The van der Waals surface area contributed by atoms with Gasteiger partial charge in [0.25, 0.3) is 0 Å². The van der Waals surface area contributed by atoms with E-state index in [9.17, 15) is 9.90 Å². The molecule has 1 unspecified atom stereocenters. The average Bonchev–Trinajstić information content (AvgIpc) is 2.55.